The van der Waals surface area contributed by atoms with E-state index in [4.69, 9.17) is 4.74 Å². The zero-order valence-corrected chi connectivity index (χ0v) is 11.1. The summed E-state index contributed by atoms with van der Waals surface area (Å²) in [4.78, 5) is 5.59. The summed E-state index contributed by atoms with van der Waals surface area (Å²) < 4.78 is 5.76. The Bertz CT molecular complexity index is 345. The largest absolute Gasteiger partial charge is 0.374 e. The summed E-state index contributed by atoms with van der Waals surface area (Å²) in [5, 5.41) is 4.67. The van der Waals surface area contributed by atoms with Crippen molar-refractivity contribution in [3.63, 3.8) is 0 Å². The predicted molar refractivity (Wildman–Crippen MR) is 66.9 cm³/mol. The highest BCUT2D eigenvalue weighted by atomic mass is 32.1. The van der Waals surface area contributed by atoms with E-state index in [0.29, 0.717) is 6.04 Å². The molecule has 1 aliphatic heterocycles. The van der Waals surface area contributed by atoms with Gasteiger partial charge >= 0.3 is 0 Å². The second-order valence-electron chi connectivity index (χ2n) is 4.79. The molecule has 16 heavy (non-hydrogen) atoms. The highest BCUT2D eigenvalue weighted by Gasteiger charge is 2.29. The second-order valence-corrected chi connectivity index (χ2v) is 6.05. The molecule has 0 aliphatic carbocycles. The minimum Gasteiger partial charge on any atom is -0.374 e. The Hall–Kier alpha value is -0.450. The molecule has 4 heteroatoms. The summed E-state index contributed by atoms with van der Waals surface area (Å²) >= 11 is 1.76. The first-order valence-electron chi connectivity index (χ1n) is 5.89. The van der Waals surface area contributed by atoms with E-state index in [2.05, 4.69) is 24.1 Å². The predicted octanol–water partition coefficient (Wildman–Crippen LogP) is 2.67. The average molecular weight is 240 g/mol. The average Bonchev–Trinajstić information content (AvgIpc) is 2.85. The second kappa shape index (κ2) is 4.82. The first-order chi connectivity index (χ1) is 7.59. The molecule has 0 spiro atoms. The molecule has 1 N–H and O–H groups in total. The third-order valence-corrected chi connectivity index (χ3v) is 4.24. The lowest BCUT2D eigenvalue weighted by Gasteiger charge is -2.25. The molecule has 0 radical (unpaired) electrons. The van der Waals surface area contributed by atoms with Crippen LogP contribution in [0.3, 0.4) is 0 Å². The number of nitrogens with zero attached hydrogens (tertiary/aromatic N) is 1. The normalized spacial score (nSPS) is 27.2. The maximum atomic E-state index is 5.76. The minimum atomic E-state index is 0.0357. The van der Waals surface area contributed by atoms with Gasteiger partial charge in [0.25, 0.3) is 0 Å². The molecule has 1 saturated heterocycles. The van der Waals surface area contributed by atoms with Gasteiger partial charge in [0.15, 0.2) is 0 Å². The maximum Gasteiger partial charge on any atom is 0.0897 e. The first-order valence-corrected chi connectivity index (χ1v) is 6.70. The Morgan fingerprint density at radius 1 is 1.69 bits per heavy atom. The van der Waals surface area contributed by atoms with Gasteiger partial charge < -0.3 is 10.1 Å². The molecule has 1 aromatic heterocycles. The number of hydrogen-bond donors (Lipinski definition) is 1. The van der Waals surface area contributed by atoms with Gasteiger partial charge in [-0.05, 0) is 33.6 Å². The number of thiazole rings is 1. The molecule has 90 valence electrons. The van der Waals surface area contributed by atoms with Crippen molar-refractivity contribution in [3.8, 4) is 0 Å². The summed E-state index contributed by atoms with van der Waals surface area (Å²) in [5.41, 5.74) is 0.0357. The Morgan fingerprint density at radius 2 is 2.50 bits per heavy atom. The van der Waals surface area contributed by atoms with Crippen LogP contribution in [0.2, 0.25) is 0 Å². The van der Waals surface area contributed by atoms with Crippen LogP contribution in [0.5, 0.6) is 0 Å². The van der Waals surface area contributed by atoms with Crippen LogP contribution in [-0.2, 0) is 4.74 Å². The molecule has 0 saturated carbocycles. The molecule has 2 atom stereocenters. The number of nitrogens with one attached hydrogen (secondary N) is 1. The molecule has 3 nitrogen and oxygen atoms in total. The minimum absolute atomic E-state index is 0.0357. The molecule has 0 aromatic carbocycles. The monoisotopic (exact) mass is 240 g/mol. The van der Waals surface area contributed by atoms with E-state index in [1.54, 1.807) is 11.3 Å². The molecular weight excluding hydrogens is 220 g/mol. The molecule has 0 amide bonds. The van der Waals surface area contributed by atoms with E-state index >= 15 is 0 Å². The summed E-state index contributed by atoms with van der Waals surface area (Å²) in [7, 11) is 0. The van der Waals surface area contributed by atoms with Crippen LogP contribution in [-0.4, -0.2) is 23.7 Å². The number of rotatable bonds is 4. The number of ether oxygens (including phenoxy) is 1. The van der Waals surface area contributed by atoms with Crippen molar-refractivity contribution in [2.45, 2.75) is 45.3 Å². The first kappa shape index (κ1) is 12.0. The highest BCUT2D eigenvalue weighted by molar-refractivity contribution is 7.11. The van der Waals surface area contributed by atoms with Gasteiger partial charge in [-0.25, -0.2) is 4.98 Å². The van der Waals surface area contributed by atoms with Gasteiger partial charge in [0.2, 0.25) is 0 Å². The molecule has 1 fully saturated rings. The van der Waals surface area contributed by atoms with Gasteiger partial charge in [0.05, 0.1) is 10.6 Å². The van der Waals surface area contributed by atoms with Gasteiger partial charge in [0.1, 0.15) is 0 Å². The van der Waals surface area contributed by atoms with E-state index < -0.39 is 0 Å². The lowest BCUT2D eigenvalue weighted by Crippen LogP contribution is -2.38. The fourth-order valence-corrected chi connectivity index (χ4v) is 2.84. The lowest BCUT2D eigenvalue weighted by atomic mass is 10.0. The zero-order chi connectivity index (χ0) is 11.6. The van der Waals surface area contributed by atoms with Crippen molar-refractivity contribution in [1.82, 2.24) is 10.3 Å². The van der Waals surface area contributed by atoms with Crippen molar-refractivity contribution in [2.24, 2.45) is 0 Å². The smallest absolute Gasteiger partial charge is 0.0897 e. The Kier molecular flexibility index (Phi) is 3.62. The standard InChI is InChI=1S/C12H20N2OS/c1-9(11-7-13-10(2)16-11)14-8-12(3)5-4-6-15-12/h7,9,14H,4-6,8H2,1-3H3. The third kappa shape index (κ3) is 2.81. The topological polar surface area (TPSA) is 34.2 Å². The number of aromatic nitrogens is 1. The van der Waals surface area contributed by atoms with Crippen LogP contribution in [0, 0.1) is 6.92 Å². The van der Waals surface area contributed by atoms with Crippen LogP contribution in [0.4, 0.5) is 0 Å². The molecule has 0 bridgehead atoms. The van der Waals surface area contributed by atoms with Crippen LogP contribution in [0.25, 0.3) is 0 Å². The number of hydrogen-bond acceptors (Lipinski definition) is 4. The van der Waals surface area contributed by atoms with E-state index in [9.17, 15) is 0 Å². The van der Waals surface area contributed by atoms with E-state index in [1.807, 2.05) is 13.1 Å². The fourth-order valence-electron chi connectivity index (χ4n) is 2.02. The molecule has 2 heterocycles. The summed E-state index contributed by atoms with van der Waals surface area (Å²) in [6.45, 7) is 8.25. The molecular formula is C12H20N2OS. The van der Waals surface area contributed by atoms with Gasteiger partial charge in [-0.1, -0.05) is 0 Å². The Morgan fingerprint density at radius 3 is 3.06 bits per heavy atom. The van der Waals surface area contributed by atoms with Crippen LogP contribution in [0.1, 0.15) is 42.6 Å². The maximum absolute atomic E-state index is 5.76. The van der Waals surface area contributed by atoms with Crippen LogP contribution >= 0.6 is 11.3 Å². The molecule has 2 rings (SSSR count). The van der Waals surface area contributed by atoms with Crippen LogP contribution in [0.15, 0.2) is 6.20 Å². The van der Waals surface area contributed by atoms with Gasteiger partial charge in [0, 0.05) is 30.3 Å². The van der Waals surface area contributed by atoms with Crippen molar-refractivity contribution >= 4 is 11.3 Å². The lowest BCUT2D eigenvalue weighted by molar-refractivity contribution is 0.0192. The van der Waals surface area contributed by atoms with Gasteiger partial charge in [-0.3, -0.25) is 0 Å². The Balaban J connectivity index is 1.86. The SMILES string of the molecule is Cc1ncc(C(C)NCC2(C)CCCO2)s1. The van der Waals surface area contributed by atoms with Gasteiger partial charge in [-0.15, -0.1) is 11.3 Å². The third-order valence-electron chi connectivity index (χ3n) is 3.15. The Labute approximate surface area is 101 Å². The highest BCUT2D eigenvalue weighted by Crippen LogP contribution is 2.26. The zero-order valence-electron chi connectivity index (χ0n) is 10.2. The van der Waals surface area contributed by atoms with Crippen molar-refractivity contribution < 1.29 is 4.74 Å². The van der Waals surface area contributed by atoms with Crippen molar-refractivity contribution in [3.05, 3.63) is 16.1 Å². The van der Waals surface area contributed by atoms with E-state index in [1.165, 1.54) is 11.3 Å². The van der Waals surface area contributed by atoms with Crippen LogP contribution < -0.4 is 5.32 Å². The number of aryl methyl sites for hydroxylation is 1. The fraction of sp³-hybridized carbons (Fsp3) is 0.750. The summed E-state index contributed by atoms with van der Waals surface area (Å²) in [5.74, 6) is 0. The van der Waals surface area contributed by atoms with Gasteiger partial charge in [-0.2, -0.15) is 0 Å². The molecule has 2 unspecified atom stereocenters. The summed E-state index contributed by atoms with van der Waals surface area (Å²) in [6.07, 6.45) is 4.32. The van der Waals surface area contributed by atoms with Crippen molar-refractivity contribution in [1.29, 1.82) is 0 Å². The van der Waals surface area contributed by atoms with E-state index in [-0.39, 0.29) is 5.60 Å². The summed E-state index contributed by atoms with van der Waals surface area (Å²) in [6, 6.07) is 0.368. The quantitative estimate of drug-likeness (QED) is 0.878. The van der Waals surface area contributed by atoms with Crippen molar-refractivity contribution in [2.75, 3.05) is 13.2 Å². The van der Waals surface area contributed by atoms with E-state index in [0.717, 1.165) is 24.6 Å². The molecule has 1 aromatic rings. The molecule has 1 aliphatic rings.